The maximum absolute atomic E-state index is 13.0. The Hall–Kier alpha value is -1.09. The minimum atomic E-state index is -0.254. The van der Waals surface area contributed by atoms with Gasteiger partial charge in [-0.15, -0.1) is 0 Å². The average Bonchev–Trinajstić information content (AvgIpc) is 2.25. The van der Waals surface area contributed by atoms with Gasteiger partial charge in [-0.25, -0.2) is 4.39 Å². The second-order valence-electron chi connectivity index (χ2n) is 3.56. The molecule has 0 saturated carbocycles. The van der Waals surface area contributed by atoms with E-state index in [2.05, 4.69) is 5.10 Å². The van der Waals surface area contributed by atoms with Crippen LogP contribution in [0.3, 0.4) is 0 Å². The van der Waals surface area contributed by atoms with Crippen LogP contribution in [0.4, 0.5) is 4.39 Å². The third-order valence-electron chi connectivity index (χ3n) is 2.36. The van der Waals surface area contributed by atoms with E-state index in [1.165, 1.54) is 12.1 Å². The lowest BCUT2D eigenvalue weighted by atomic mass is 10.2. The van der Waals surface area contributed by atoms with Gasteiger partial charge in [0.2, 0.25) is 0 Å². The van der Waals surface area contributed by atoms with E-state index in [-0.39, 0.29) is 5.82 Å². The van der Waals surface area contributed by atoms with Gasteiger partial charge in [0.05, 0.1) is 6.54 Å². The van der Waals surface area contributed by atoms with Crippen LogP contribution in [-0.2, 0) is 6.54 Å². The summed E-state index contributed by atoms with van der Waals surface area (Å²) in [5.74, 6) is -0.254. The summed E-state index contributed by atoms with van der Waals surface area (Å²) in [7, 11) is 0. The normalized spacial score (nSPS) is 15.7. The van der Waals surface area contributed by atoms with Crippen LogP contribution in [-0.4, -0.2) is 17.8 Å². The zero-order valence-electron chi connectivity index (χ0n) is 8.29. The van der Waals surface area contributed by atoms with Crippen molar-refractivity contribution in [2.75, 3.05) is 6.54 Å². The molecule has 1 aliphatic heterocycles. The monoisotopic (exact) mass is 226 g/mol. The fraction of sp³-hybridized carbons (Fsp3) is 0.364. The third-order valence-corrected chi connectivity index (χ3v) is 2.72. The average molecular weight is 227 g/mol. The number of halogens is 2. The van der Waals surface area contributed by atoms with Gasteiger partial charge >= 0.3 is 0 Å². The molecule has 0 spiro atoms. The Morgan fingerprint density at radius 1 is 1.47 bits per heavy atom. The van der Waals surface area contributed by atoms with Crippen LogP contribution in [0.2, 0.25) is 5.02 Å². The van der Waals surface area contributed by atoms with Crippen LogP contribution in [0, 0.1) is 5.82 Å². The largest absolute Gasteiger partial charge is 0.293 e. The van der Waals surface area contributed by atoms with Crippen molar-refractivity contribution in [3.05, 3.63) is 34.6 Å². The Morgan fingerprint density at radius 3 is 3.07 bits per heavy atom. The smallest absolute Gasteiger partial charge is 0.123 e. The van der Waals surface area contributed by atoms with Gasteiger partial charge in [-0.2, -0.15) is 5.10 Å². The number of benzene rings is 1. The van der Waals surface area contributed by atoms with Crippen molar-refractivity contribution in [3.8, 4) is 0 Å². The first-order valence-electron chi connectivity index (χ1n) is 4.97. The number of nitrogens with zero attached hydrogens (tertiary/aromatic N) is 2. The van der Waals surface area contributed by atoms with E-state index in [4.69, 9.17) is 11.6 Å². The molecular weight excluding hydrogens is 215 g/mol. The number of hydrogen-bond donors (Lipinski definition) is 0. The molecule has 0 saturated heterocycles. The van der Waals surface area contributed by atoms with Crippen molar-refractivity contribution in [2.24, 2.45) is 5.10 Å². The molecule has 2 rings (SSSR count). The molecule has 80 valence electrons. The van der Waals surface area contributed by atoms with Crippen molar-refractivity contribution >= 4 is 17.8 Å². The van der Waals surface area contributed by atoms with E-state index in [1.54, 1.807) is 6.07 Å². The summed E-state index contributed by atoms with van der Waals surface area (Å²) >= 11 is 5.97. The highest BCUT2D eigenvalue weighted by atomic mass is 35.5. The highest BCUT2D eigenvalue weighted by Gasteiger charge is 2.09. The zero-order valence-corrected chi connectivity index (χ0v) is 9.04. The molecule has 1 aromatic carbocycles. The van der Waals surface area contributed by atoms with Gasteiger partial charge in [0.25, 0.3) is 0 Å². The molecule has 0 aromatic heterocycles. The number of hydrogen-bond acceptors (Lipinski definition) is 2. The fourth-order valence-corrected chi connectivity index (χ4v) is 1.75. The molecule has 0 atom stereocenters. The van der Waals surface area contributed by atoms with Gasteiger partial charge in [0.1, 0.15) is 5.82 Å². The van der Waals surface area contributed by atoms with E-state index in [0.717, 1.165) is 24.9 Å². The van der Waals surface area contributed by atoms with Crippen LogP contribution in [0.15, 0.2) is 23.3 Å². The molecule has 15 heavy (non-hydrogen) atoms. The Kier molecular flexibility index (Phi) is 3.21. The van der Waals surface area contributed by atoms with Gasteiger partial charge in [-0.3, -0.25) is 5.01 Å². The van der Waals surface area contributed by atoms with Crippen molar-refractivity contribution in [1.82, 2.24) is 5.01 Å². The molecule has 0 unspecified atom stereocenters. The minimum Gasteiger partial charge on any atom is -0.293 e. The molecule has 0 radical (unpaired) electrons. The van der Waals surface area contributed by atoms with E-state index in [0.29, 0.717) is 11.6 Å². The SMILES string of the molecule is Fc1ccc(Cl)c(CN2CCCC=N2)c1. The number of hydrazone groups is 1. The molecule has 4 heteroatoms. The predicted octanol–water partition coefficient (Wildman–Crippen LogP) is 3.06. The first-order valence-corrected chi connectivity index (χ1v) is 5.35. The Bertz CT molecular complexity index is 379. The lowest BCUT2D eigenvalue weighted by Gasteiger charge is -2.22. The molecule has 1 heterocycles. The molecule has 0 amide bonds. The molecule has 0 bridgehead atoms. The van der Waals surface area contributed by atoms with Crippen LogP contribution in [0.1, 0.15) is 18.4 Å². The summed E-state index contributed by atoms with van der Waals surface area (Å²) < 4.78 is 13.0. The van der Waals surface area contributed by atoms with E-state index in [1.807, 2.05) is 11.2 Å². The number of rotatable bonds is 2. The second kappa shape index (κ2) is 4.62. The van der Waals surface area contributed by atoms with Crippen LogP contribution < -0.4 is 0 Å². The van der Waals surface area contributed by atoms with Crippen molar-refractivity contribution in [3.63, 3.8) is 0 Å². The van der Waals surface area contributed by atoms with Gasteiger partial charge < -0.3 is 0 Å². The van der Waals surface area contributed by atoms with Gasteiger partial charge in [-0.05, 0) is 36.6 Å². The summed E-state index contributed by atoms with van der Waals surface area (Å²) in [6, 6.07) is 4.41. The van der Waals surface area contributed by atoms with Crippen LogP contribution >= 0.6 is 11.6 Å². The minimum absolute atomic E-state index is 0.254. The van der Waals surface area contributed by atoms with Gasteiger partial charge in [-0.1, -0.05) is 11.6 Å². The van der Waals surface area contributed by atoms with Crippen LogP contribution in [0.25, 0.3) is 0 Å². The first kappa shape index (κ1) is 10.4. The highest BCUT2D eigenvalue weighted by Crippen LogP contribution is 2.19. The predicted molar refractivity (Wildman–Crippen MR) is 59.5 cm³/mol. The molecule has 0 fully saturated rings. The van der Waals surface area contributed by atoms with E-state index in [9.17, 15) is 4.39 Å². The van der Waals surface area contributed by atoms with E-state index >= 15 is 0 Å². The lowest BCUT2D eigenvalue weighted by Crippen LogP contribution is -2.21. The van der Waals surface area contributed by atoms with Crippen molar-refractivity contribution < 1.29 is 4.39 Å². The summed E-state index contributed by atoms with van der Waals surface area (Å²) in [5, 5.41) is 6.72. The molecule has 1 aromatic rings. The van der Waals surface area contributed by atoms with Crippen LogP contribution in [0.5, 0.6) is 0 Å². The molecular formula is C11H12ClFN2. The standard InChI is InChI=1S/C11H12ClFN2/c12-11-4-3-10(13)7-9(11)8-15-6-2-1-5-14-15/h3-5,7H,1-2,6,8H2. The van der Waals surface area contributed by atoms with Crippen molar-refractivity contribution in [2.45, 2.75) is 19.4 Å². The summed E-state index contributed by atoms with van der Waals surface area (Å²) in [6.07, 6.45) is 4.00. The second-order valence-corrected chi connectivity index (χ2v) is 3.97. The topological polar surface area (TPSA) is 15.6 Å². The zero-order chi connectivity index (χ0) is 10.7. The maximum atomic E-state index is 13.0. The third kappa shape index (κ3) is 2.69. The fourth-order valence-electron chi connectivity index (χ4n) is 1.58. The Balaban J connectivity index is 2.12. The summed E-state index contributed by atoms with van der Waals surface area (Å²) in [6.45, 7) is 1.48. The molecule has 0 aliphatic carbocycles. The highest BCUT2D eigenvalue weighted by molar-refractivity contribution is 6.31. The van der Waals surface area contributed by atoms with Gasteiger partial charge in [0.15, 0.2) is 0 Å². The summed E-state index contributed by atoms with van der Waals surface area (Å²) in [5.41, 5.74) is 0.788. The quantitative estimate of drug-likeness (QED) is 0.757. The molecule has 1 aliphatic rings. The van der Waals surface area contributed by atoms with E-state index < -0.39 is 0 Å². The Morgan fingerprint density at radius 2 is 2.33 bits per heavy atom. The lowest BCUT2D eigenvalue weighted by molar-refractivity contribution is 0.267. The van der Waals surface area contributed by atoms with Gasteiger partial charge in [0, 0.05) is 17.8 Å². The Labute approximate surface area is 93.3 Å². The maximum Gasteiger partial charge on any atom is 0.123 e. The summed E-state index contributed by atoms with van der Waals surface area (Å²) in [4.78, 5) is 0. The molecule has 0 N–H and O–H groups in total. The van der Waals surface area contributed by atoms with Crippen molar-refractivity contribution in [1.29, 1.82) is 0 Å². The molecule has 2 nitrogen and oxygen atoms in total. The first-order chi connectivity index (χ1) is 7.25.